The lowest BCUT2D eigenvalue weighted by Crippen LogP contribution is -2.35. The van der Waals surface area contributed by atoms with Crippen LogP contribution in [0.15, 0.2) is 41.1 Å². The third-order valence-corrected chi connectivity index (χ3v) is 3.13. The summed E-state index contributed by atoms with van der Waals surface area (Å²) in [6.07, 6.45) is 1.74. The number of rotatable bonds is 6. The van der Waals surface area contributed by atoms with Crippen LogP contribution in [0.5, 0.6) is 0 Å². The van der Waals surface area contributed by atoms with Crippen molar-refractivity contribution in [1.82, 2.24) is 10.3 Å². The lowest BCUT2D eigenvalue weighted by molar-refractivity contribution is -0.152. The van der Waals surface area contributed by atoms with Crippen molar-refractivity contribution in [3.05, 3.63) is 47.6 Å². The molecule has 0 bridgehead atoms. The number of pyridine rings is 1. The van der Waals surface area contributed by atoms with Gasteiger partial charge in [-0.2, -0.15) is 0 Å². The fourth-order valence-electron chi connectivity index (χ4n) is 1.65. The molecule has 0 aromatic carbocycles. The van der Waals surface area contributed by atoms with E-state index in [9.17, 15) is 14.4 Å². The molecule has 0 aliphatic heterocycles. The van der Waals surface area contributed by atoms with Gasteiger partial charge in [0.15, 0.2) is 17.0 Å². The topological polar surface area (TPSA) is 111 Å². The van der Waals surface area contributed by atoms with E-state index in [1.165, 1.54) is 25.5 Å². The number of hydrogen-bond donors (Lipinski definition) is 2. The lowest BCUT2D eigenvalue weighted by Gasteiger charge is -2.14. The predicted molar refractivity (Wildman–Crippen MR) is 84.5 cm³/mol. The lowest BCUT2D eigenvalue weighted by atomic mass is 10.3. The number of hydrogen-bond acceptors (Lipinski definition) is 6. The van der Waals surface area contributed by atoms with E-state index in [1.807, 2.05) is 0 Å². The molecule has 24 heavy (non-hydrogen) atoms. The molecule has 8 nitrogen and oxygen atoms in total. The van der Waals surface area contributed by atoms with E-state index in [-0.39, 0.29) is 10.9 Å². The SMILES string of the molecule is CC(OC(=O)CNC(=O)c1ccco1)C(=O)Nc1cccnc1Cl. The van der Waals surface area contributed by atoms with Crippen LogP contribution < -0.4 is 10.6 Å². The largest absolute Gasteiger partial charge is 0.459 e. The molecule has 0 aliphatic rings. The standard InChI is InChI=1S/C15H14ClN3O5/c1-9(14(21)19-10-4-2-6-17-13(10)16)24-12(20)8-18-15(22)11-5-3-7-23-11/h2-7,9H,8H2,1H3,(H,18,22)(H,19,21). The first-order valence-electron chi connectivity index (χ1n) is 6.90. The summed E-state index contributed by atoms with van der Waals surface area (Å²) in [5.41, 5.74) is 0.304. The maximum Gasteiger partial charge on any atom is 0.326 e. The Hall–Kier alpha value is -2.87. The van der Waals surface area contributed by atoms with E-state index in [2.05, 4.69) is 15.6 Å². The van der Waals surface area contributed by atoms with E-state index in [1.54, 1.807) is 18.2 Å². The molecule has 0 fully saturated rings. The van der Waals surface area contributed by atoms with Gasteiger partial charge in [0.2, 0.25) is 0 Å². The van der Waals surface area contributed by atoms with Crippen molar-refractivity contribution in [3.63, 3.8) is 0 Å². The second-order valence-electron chi connectivity index (χ2n) is 4.62. The van der Waals surface area contributed by atoms with Gasteiger partial charge in [-0.1, -0.05) is 11.6 Å². The molecule has 2 amide bonds. The highest BCUT2D eigenvalue weighted by atomic mass is 35.5. The highest BCUT2D eigenvalue weighted by Crippen LogP contribution is 2.17. The summed E-state index contributed by atoms with van der Waals surface area (Å²) in [4.78, 5) is 39.0. The number of nitrogens with zero attached hydrogens (tertiary/aromatic N) is 1. The Morgan fingerprint density at radius 1 is 1.33 bits per heavy atom. The number of aromatic nitrogens is 1. The minimum absolute atomic E-state index is 0.0693. The van der Waals surface area contributed by atoms with E-state index in [0.717, 1.165) is 0 Å². The van der Waals surface area contributed by atoms with Gasteiger partial charge < -0.3 is 19.8 Å². The smallest absolute Gasteiger partial charge is 0.326 e. The molecule has 2 heterocycles. The van der Waals surface area contributed by atoms with Gasteiger partial charge in [-0.25, -0.2) is 4.98 Å². The highest BCUT2D eigenvalue weighted by molar-refractivity contribution is 6.32. The average Bonchev–Trinajstić information content (AvgIpc) is 3.09. The second-order valence-corrected chi connectivity index (χ2v) is 4.98. The van der Waals surface area contributed by atoms with Crippen molar-refractivity contribution < 1.29 is 23.5 Å². The van der Waals surface area contributed by atoms with Gasteiger partial charge in [-0.15, -0.1) is 0 Å². The van der Waals surface area contributed by atoms with Gasteiger partial charge in [-0.05, 0) is 31.2 Å². The molecule has 2 aromatic heterocycles. The average molecular weight is 352 g/mol. The van der Waals surface area contributed by atoms with Gasteiger partial charge in [-0.3, -0.25) is 14.4 Å². The first kappa shape index (κ1) is 17.5. The summed E-state index contributed by atoms with van der Waals surface area (Å²) < 4.78 is 9.81. The molecule has 9 heteroatoms. The molecule has 0 radical (unpaired) electrons. The van der Waals surface area contributed by atoms with Crippen LogP contribution in [0.1, 0.15) is 17.5 Å². The highest BCUT2D eigenvalue weighted by Gasteiger charge is 2.19. The normalized spacial score (nSPS) is 11.4. The maximum absolute atomic E-state index is 11.9. The first-order valence-corrected chi connectivity index (χ1v) is 7.27. The van der Waals surface area contributed by atoms with Gasteiger partial charge in [0, 0.05) is 6.20 Å². The fraction of sp³-hybridized carbons (Fsp3) is 0.200. The van der Waals surface area contributed by atoms with Gasteiger partial charge in [0.1, 0.15) is 6.54 Å². The van der Waals surface area contributed by atoms with E-state index in [4.69, 9.17) is 20.8 Å². The molecular formula is C15H14ClN3O5. The minimum atomic E-state index is -1.07. The summed E-state index contributed by atoms with van der Waals surface area (Å²) in [5.74, 6) is -1.83. The number of halogens is 1. The molecule has 0 aliphatic carbocycles. The quantitative estimate of drug-likeness (QED) is 0.604. The number of anilines is 1. The van der Waals surface area contributed by atoms with Crippen LogP contribution in [0, 0.1) is 0 Å². The Bertz CT molecular complexity index is 732. The number of nitrogens with one attached hydrogen (secondary N) is 2. The van der Waals surface area contributed by atoms with E-state index >= 15 is 0 Å². The fourth-order valence-corrected chi connectivity index (χ4v) is 1.82. The van der Waals surface area contributed by atoms with Crippen LogP contribution in [0.25, 0.3) is 0 Å². The van der Waals surface area contributed by atoms with Crippen LogP contribution in [-0.4, -0.2) is 35.4 Å². The van der Waals surface area contributed by atoms with Crippen LogP contribution in [0.2, 0.25) is 5.15 Å². The molecular weight excluding hydrogens is 338 g/mol. The molecule has 126 valence electrons. The van der Waals surface area contributed by atoms with E-state index in [0.29, 0.717) is 5.69 Å². The predicted octanol–water partition coefficient (Wildman–Crippen LogP) is 1.63. The van der Waals surface area contributed by atoms with Crippen molar-refractivity contribution in [1.29, 1.82) is 0 Å². The second kappa shape index (κ2) is 8.11. The Morgan fingerprint density at radius 3 is 2.79 bits per heavy atom. The Kier molecular flexibility index (Phi) is 5.91. The van der Waals surface area contributed by atoms with Crippen molar-refractivity contribution >= 4 is 35.1 Å². The van der Waals surface area contributed by atoms with Crippen molar-refractivity contribution in [2.24, 2.45) is 0 Å². The number of esters is 1. The summed E-state index contributed by atoms with van der Waals surface area (Å²) in [6.45, 7) is 0.997. The van der Waals surface area contributed by atoms with Crippen LogP contribution >= 0.6 is 11.6 Å². The summed E-state index contributed by atoms with van der Waals surface area (Å²) >= 11 is 5.82. The number of carbonyl (C=O) groups is 3. The third kappa shape index (κ3) is 4.82. The molecule has 1 unspecified atom stereocenters. The van der Waals surface area contributed by atoms with Crippen LogP contribution in [0.4, 0.5) is 5.69 Å². The van der Waals surface area contributed by atoms with Crippen molar-refractivity contribution in [2.45, 2.75) is 13.0 Å². The maximum atomic E-state index is 11.9. The zero-order chi connectivity index (χ0) is 17.5. The van der Waals surface area contributed by atoms with Gasteiger partial charge in [0.05, 0.1) is 12.0 Å². The Balaban J connectivity index is 1.79. The third-order valence-electron chi connectivity index (χ3n) is 2.83. The molecule has 2 rings (SSSR count). The molecule has 0 saturated carbocycles. The summed E-state index contributed by atoms with van der Waals surface area (Å²) in [5, 5.41) is 4.93. The molecule has 0 spiro atoms. The molecule has 1 atom stereocenters. The Labute approximate surface area is 142 Å². The first-order chi connectivity index (χ1) is 11.5. The summed E-state index contributed by atoms with van der Waals surface area (Å²) in [6, 6.07) is 6.16. The number of ether oxygens (including phenoxy) is 1. The van der Waals surface area contributed by atoms with E-state index < -0.39 is 30.4 Å². The van der Waals surface area contributed by atoms with Crippen molar-refractivity contribution in [3.8, 4) is 0 Å². The minimum Gasteiger partial charge on any atom is -0.459 e. The zero-order valence-electron chi connectivity index (χ0n) is 12.6. The summed E-state index contributed by atoms with van der Waals surface area (Å²) in [7, 11) is 0. The molecule has 2 N–H and O–H groups in total. The van der Waals surface area contributed by atoms with Crippen molar-refractivity contribution in [2.75, 3.05) is 11.9 Å². The number of amides is 2. The molecule has 2 aromatic rings. The van der Waals surface area contributed by atoms with Gasteiger partial charge in [0.25, 0.3) is 11.8 Å². The van der Waals surface area contributed by atoms with Gasteiger partial charge >= 0.3 is 5.97 Å². The monoisotopic (exact) mass is 351 g/mol. The number of carbonyl (C=O) groups excluding carboxylic acids is 3. The molecule has 0 saturated heterocycles. The van der Waals surface area contributed by atoms with Crippen LogP contribution in [-0.2, 0) is 14.3 Å². The van der Waals surface area contributed by atoms with Crippen LogP contribution in [0.3, 0.4) is 0 Å². The zero-order valence-corrected chi connectivity index (χ0v) is 13.4. The number of furan rings is 1. The Morgan fingerprint density at radius 2 is 2.12 bits per heavy atom.